The maximum absolute atomic E-state index is 12.0. The molecule has 9 nitrogen and oxygen atoms in total. The molecular weight excluding hydrogens is 336 g/mol. The summed E-state index contributed by atoms with van der Waals surface area (Å²) in [6, 6.07) is 0. The fourth-order valence-corrected chi connectivity index (χ4v) is 2.56. The highest BCUT2D eigenvalue weighted by atomic mass is 16.7. The third-order valence-electron chi connectivity index (χ3n) is 4.34. The van der Waals surface area contributed by atoms with Crippen LogP contribution in [-0.4, -0.2) is 93.1 Å². The van der Waals surface area contributed by atoms with E-state index < -0.39 is 48.8 Å². The van der Waals surface area contributed by atoms with Crippen LogP contribution in [0.2, 0.25) is 0 Å². The number of carbonyl (C=O) groups is 1. The van der Waals surface area contributed by atoms with Crippen molar-refractivity contribution in [1.29, 1.82) is 0 Å². The molecule has 6 atom stereocenters. The number of aliphatic hydroxyl groups excluding tert-OH is 6. The van der Waals surface area contributed by atoms with E-state index in [2.05, 4.69) is 0 Å². The molecule has 0 amide bonds. The molecule has 0 spiro atoms. The molecule has 1 heterocycles. The Balaban J connectivity index is 2.60. The number of unbranched alkanes of at least 4 members (excludes halogenated alkanes) is 1. The first-order chi connectivity index (χ1) is 11.7. The molecule has 1 aliphatic rings. The van der Waals surface area contributed by atoms with E-state index in [4.69, 9.17) is 19.7 Å². The lowest BCUT2D eigenvalue weighted by atomic mass is 9.84. The monoisotopic (exact) mass is 366 g/mol. The summed E-state index contributed by atoms with van der Waals surface area (Å²) in [6.07, 6.45) is -7.21. The van der Waals surface area contributed by atoms with Crippen LogP contribution in [0.3, 0.4) is 0 Å². The summed E-state index contributed by atoms with van der Waals surface area (Å²) in [6.45, 7) is 2.45. The predicted molar refractivity (Wildman–Crippen MR) is 85.5 cm³/mol. The van der Waals surface area contributed by atoms with Crippen molar-refractivity contribution >= 4 is 5.78 Å². The van der Waals surface area contributed by atoms with Crippen LogP contribution in [0.5, 0.6) is 0 Å². The largest absolute Gasteiger partial charge is 0.396 e. The lowest BCUT2D eigenvalue weighted by Crippen LogP contribution is -2.59. The molecule has 0 aromatic carbocycles. The van der Waals surface area contributed by atoms with E-state index in [1.165, 1.54) is 0 Å². The predicted octanol–water partition coefficient (Wildman–Crippen LogP) is -2.08. The Kier molecular flexibility index (Phi) is 8.85. The molecule has 1 aliphatic heterocycles. The van der Waals surface area contributed by atoms with Crippen molar-refractivity contribution in [2.45, 2.75) is 69.9 Å². The van der Waals surface area contributed by atoms with Crippen molar-refractivity contribution < 1.29 is 44.9 Å². The minimum atomic E-state index is -1.55. The molecule has 0 bridgehead atoms. The number of ketones is 1. The van der Waals surface area contributed by atoms with Gasteiger partial charge < -0.3 is 40.1 Å². The molecule has 1 fully saturated rings. The van der Waals surface area contributed by atoms with E-state index in [-0.39, 0.29) is 25.4 Å². The number of aliphatic hydroxyl groups is 6. The molecule has 1 rings (SSSR count). The zero-order valence-electron chi connectivity index (χ0n) is 14.6. The first kappa shape index (κ1) is 22.4. The third-order valence-corrected chi connectivity index (χ3v) is 4.34. The van der Waals surface area contributed by atoms with E-state index >= 15 is 0 Å². The zero-order valence-corrected chi connectivity index (χ0v) is 14.6. The van der Waals surface area contributed by atoms with Gasteiger partial charge in [-0.15, -0.1) is 0 Å². The van der Waals surface area contributed by atoms with Gasteiger partial charge in [-0.1, -0.05) is 13.8 Å². The topological polar surface area (TPSA) is 157 Å². The summed E-state index contributed by atoms with van der Waals surface area (Å²) in [5.41, 5.74) is -0.991. The molecule has 6 N–H and O–H groups in total. The van der Waals surface area contributed by atoms with Crippen LogP contribution >= 0.6 is 0 Å². The fraction of sp³-hybridized carbons (Fsp3) is 0.938. The average Bonchev–Trinajstić information content (AvgIpc) is 2.58. The molecule has 148 valence electrons. The van der Waals surface area contributed by atoms with Gasteiger partial charge in [0.25, 0.3) is 0 Å². The molecule has 1 saturated heterocycles. The number of hydrogen-bond donors (Lipinski definition) is 6. The van der Waals surface area contributed by atoms with Crippen LogP contribution in [0.25, 0.3) is 0 Å². The summed E-state index contributed by atoms with van der Waals surface area (Å²) in [5.74, 6) is -0.379. The normalized spacial score (nSPS) is 31.8. The van der Waals surface area contributed by atoms with E-state index in [1.54, 1.807) is 13.8 Å². The van der Waals surface area contributed by atoms with Gasteiger partial charge >= 0.3 is 0 Å². The maximum Gasteiger partial charge on any atom is 0.186 e. The molecular formula is C16H30O9. The Morgan fingerprint density at radius 3 is 2.32 bits per heavy atom. The molecule has 0 saturated carbocycles. The second-order valence-corrected chi connectivity index (χ2v) is 7.05. The summed E-state index contributed by atoms with van der Waals surface area (Å²) >= 11 is 0. The van der Waals surface area contributed by atoms with Crippen LogP contribution in [-0.2, 0) is 14.3 Å². The van der Waals surface area contributed by atoms with E-state index in [0.29, 0.717) is 12.8 Å². The van der Waals surface area contributed by atoms with Gasteiger partial charge in [0.2, 0.25) is 0 Å². The smallest absolute Gasteiger partial charge is 0.186 e. The highest BCUT2D eigenvalue weighted by Crippen LogP contribution is 2.27. The van der Waals surface area contributed by atoms with Crippen molar-refractivity contribution in [2.24, 2.45) is 5.41 Å². The van der Waals surface area contributed by atoms with Gasteiger partial charge in [-0.05, 0) is 12.8 Å². The van der Waals surface area contributed by atoms with Crippen LogP contribution in [0.4, 0.5) is 0 Å². The summed E-state index contributed by atoms with van der Waals surface area (Å²) in [4.78, 5) is 12.0. The van der Waals surface area contributed by atoms with E-state index in [9.17, 15) is 25.2 Å². The standard InChI is InChI=1S/C16H30O9/c1-16(2,14(23)9(19)5-3-4-6-17)8-24-15-13(22)12(21)11(20)10(7-18)25-15/h10-15,17-18,20-23H,3-8H2,1-2H3/t10?,11-,12+,13?,14+,15+/m1/s1. The van der Waals surface area contributed by atoms with Crippen molar-refractivity contribution in [1.82, 2.24) is 0 Å². The van der Waals surface area contributed by atoms with Gasteiger partial charge in [0.05, 0.1) is 13.2 Å². The van der Waals surface area contributed by atoms with Gasteiger partial charge in [-0.3, -0.25) is 4.79 Å². The van der Waals surface area contributed by atoms with Crippen molar-refractivity contribution in [3.05, 3.63) is 0 Å². The van der Waals surface area contributed by atoms with Gasteiger partial charge in [0, 0.05) is 18.4 Å². The Morgan fingerprint density at radius 1 is 1.12 bits per heavy atom. The molecule has 0 aromatic heterocycles. The Morgan fingerprint density at radius 2 is 1.76 bits per heavy atom. The second-order valence-electron chi connectivity index (χ2n) is 7.05. The number of ether oxygens (including phenoxy) is 2. The minimum Gasteiger partial charge on any atom is -0.396 e. The number of rotatable bonds is 10. The van der Waals surface area contributed by atoms with Gasteiger partial charge in [0.15, 0.2) is 12.1 Å². The number of hydrogen-bond acceptors (Lipinski definition) is 9. The molecule has 0 radical (unpaired) electrons. The maximum atomic E-state index is 12.0. The number of carbonyl (C=O) groups excluding carboxylic acids is 1. The first-order valence-corrected chi connectivity index (χ1v) is 8.39. The summed E-state index contributed by atoms with van der Waals surface area (Å²) in [5, 5.41) is 57.4. The lowest BCUT2D eigenvalue weighted by Gasteiger charge is -2.41. The Hall–Kier alpha value is -0.650. The SMILES string of the molecule is CC(C)(CO[C@H]1OC(CO)[C@@H](O)[C@H](O)C1O)[C@@H](O)C(=O)CCCCO. The van der Waals surface area contributed by atoms with E-state index in [0.717, 1.165) is 0 Å². The van der Waals surface area contributed by atoms with Crippen LogP contribution in [0, 0.1) is 5.41 Å². The molecule has 2 unspecified atom stereocenters. The summed E-state index contributed by atoms with van der Waals surface area (Å²) in [7, 11) is 0. The van der Waals surface area contributed by atoms with Gasteiger partial charge in [-0.2, -0.15) is 0 Å². The van der Waals surface area contributed by atoms with Crippen LogP contribution in [0.1, 0.15) is 33.1 Å². The zero-order chi connectivity index (χ0) is 19.2. The molecule has 0 aliphatic carbocycles. The highest BCUT2D eigenvalue weighted by molar-refractivity contribution is 5.83. The third kappa shape index (κ3) is 5.93. The summed E-state index contributed by atoms with van der Waals surface area (Å²) < 4.78 is 10.6. The van der Waals surface area contributed by atoms with Crippen molar-refractivity contribution in [3.8, 4) is 0 Å². The van der Waals surface area contributed by atoms with Crippen molar-refractivity contribution in [3.63, 3.8) is 0 Å². The highest BCUT2D eigenvalue weighted by Gasteiger charge is 2.45. The fourth-order valence-electron chi connectivity index (χ4n) is 2.56. The second kappa shape index (κ2) is 9.89. The van der Waals surface area contributed by atoms with E-state index in [1.807, 2.05) is 0 Å². The van der Waals surface area contributed by atoms with Gasteiger partial charge in [0.1, 0.15) is 30.5 Å². The number of Topliss-reactive ketones (excluding diaryl/α,β-unsaturated/α-hetero) is 1. The first-order valence-electron chi connectivity index (χ1n) is 8.39. The van der Waals surface area contributed by atoms with Crippen molar-refractivity contribution in [2.75, 3.05) is 19.8 Å². The van der Waals surface area contributed by atoms with Gasteiger partial charge in [-0.25, -0.2) is 0 Å². The average molecular weight is 366 g/mol. The van der Waals surface area contributed by atoms with Crippen LogP contribution < -0.4 is 0 Å². The van der Waals surface area contributed by atoms with Crippen LogP contribution in [0.15, 0.2) is 0 Å². The minimum absolute atomic E-state index is 0.0208. The molecule has 25 heavy (non-hydrogen) atoms. The molecule has 0 aromatic rings. The quantitative estimate of drug-likeness (QED) is 0.239. The Labute approximate surface area is 146 Å². The lowest BCUT2D eigenvalue weighted by molar-refractivity contribution is -0.306. The Bertz CT molecular complexity index is 412. The molecule has 9 heteroatoms.